The summed E-state index contributed by atoms with van der Waals surface area (Å²) in [7, 11) is 1.61. The van der Waals surface area contributed by atoms with Gasteiger partial charge in [0, 0.05) is 12.1 Å². The monoisotopic (exact) mass is 440 g/mol. The van der Waals surface area contributed by atoms with Crippen LogP contribution in [0.2, 0.25) is 0 Å². The number of carbonyl (C=O) groups excluding carboxylic acids is 1. The van der Waals surface area contributed by atoms with Gasteiger partial charge < -0.3 is 19.0 Å². The largest absolute Gasteiger partial charge is 0.497 e. The minimum atomic E-state index is -0.131. The number of carbonyl (C=O) groups is 1. The van der Waals surface area contributed by atoms with Crippen molar-refractivity contribution in [3.05, 3.63) is 48.4 Å². The van der Waals surface area contributed by atoms with Crippen molar-refractivity contribution in [3.8, 4) is 28.9 Å². The molecule has 0 bridgehead atoms. The van der Waals surface area contributed by atoms with Gasteiger partial charge in [0.15, 0.2) is 5.16 Å². The Bertz CT molecular complexity index is 1140. The lowest BCUT2D eigenvalue weighted by molar-refractivity contribution is -0.118. The predicted octanol–water partition coefficient (Wildman–Crippen LogP) is 3.03. The molecule has 10 nitrogen and oxygen atoms in total. The number of amides is 1. The van der Waals surface area contributed by atoms with E-state index in [2.05, 4.69) is 25.7 Å². The molecule has 1 amide bonds. The first kappa shape index (κ1) is 20.7. The first-order chi connectivity index (χ1) is 15.2. The van der Waals surface area contributed by atoms with Crippen LogP contribution in [0.25, 0.3) is 23.1 Å². The van der Waals surface area contributed by atoms with Gasteiger partial charge in [-0.2, -0.15) is 4.98 Å². The Morgan fingerprint density at radius 1 is 1.23 bits per heavy atom. The van der Waals surface area contributed by atoms with Crippen molar-refractivity contribution >= 4 is 17.7 Å². The standard InChI is InChI=1S/C20H20N6O4S/c1-3-26-18(19-22-17(25-30-19)13-6-8-14(28-2)9-7-13)23-24-20(26)31-12-16(27)21-11-15-5-4-10-29-15/h4-10H,3,11-12H2,1-2H3,(H,21,27). The number of rotatable bonds is 9. The molecule has 31 heavy (non-hydrogen) atoms. The van der Waals surface area contributed by atoms with E-state index in [9.17, 15) is 4.79 Å². The number of nitrogens with zero attached hydrogens (tertiary/aromatic N) is 5. The fourth-order valence-corrected chi connectivity index (χ4v) is 3.62. The van der Waals surface area contributed by atoms with Gasteiger partial charge >= 0.3 is 0 Å². The number of aromatic nitrogens is 5. The van der Waals surface area contributed by atoms with Crippen molar-refractivity contribution < 1.29 is 18.5 Å². The average molecular weight is 440 g/mol. The molecule has 11 heteroatoms. The second-order valence-electron chi connectivity index (χ2n) is 6.35. The highest BCUT2D eigenvalue weighted by molar-refractivity contribution is 7.99. The maximum absolute atomic E-state index is 12.1. The molecular formula is C20H20N6O4S. The quantitative estimate of drug-likeness (QED) is 0.391. The Balaban J connectivity index is 1.43. The van der Waals surface area contributed by atoms with Gasteiger partial charge in [-0.25, -0.2) is 0 Å². The van der Waals surface area contributed by atoms with Crippen molar-refractivity contribution in [2.45, 2.75) is 25.2 Å². The molecule has 0 aliphatic heterocycles. The molecule has 3 aromatic heterocycles. The zero-order valence-electron chi connectivity index (χ0n) is 16.9. The van der Waals surface area contributed by atoms with Gasteiger partial charge in [-0.1, -0.05) is 16.9 Å². The Labute approximate surface area is 182 Å². The highest BCUT2D eigenvalue weighted by Gasteiger charge is 2.20. The van der Waals surface area contributed by atoms with Crippen LogP contribution in [0.1, 0.15) is 12.7 Å². The topological polar surface area (TPSA) is 121 Å². The van der Waals surface area contributed by atoms with Crippen LogP contribution in [-0.4, -0.2) is 43.7 Å². The number of furan rings is 1. The van der Waals surface area contributed by atoms with E-state index in [0.717, 1.165) is 11.3 Å². The summed E-state index contributed by atoms with van der Waals surface area (Å²) >= 11 is 1.28. The number of hydrogen-bond acceptors (Lipinski definition) is 9. The second kappa shape index (κ2) is 9.47. The Morgan fingerprint density at radius 2 is 2.06 bits per heavy atom. The van der Waals surface area contributed by atoms with E-state index in [1.807, 2.05) is 35.8 Å². The van der Waals surface area contributed by atoms with Crippen molar-refractivity contribution in [1.29, 1.82) is 0 Å². The van der Waals surface area contributed by atoms with E-state index in [-0.39, 0.29) is 17.6 Å². The fourth-order valence-electron chi connectivity index (χ4n) is 2.79. The van der Waals surface area contributed by atoms with Crippen LogP contribution in [0.4, 0.5) is 0 Å². The van der Waals surface area contributed by atoms with Crippen LogP contribution in [-0.2, 0) is 17.9 Å². The van der Waals surface area contributed by atoms with Gasteiger partial charge in [0.05, 0.1) is 25.7 Å². The number of methoxy groups -OCH3 is 1. The molecule has 1 aromatic carbocycles. The Morgan fingerprint density at radius 3 is 2.77 bits per heavy atom. The smallest absolute Gasteiger partial charge is 0.296 e. The summed E-state index contributed by atoms with van der Waals surface area (Å²) in [5, 5.41) is 15.8. The molecule has 0 aliphatic carbocycles. The lowest BCUT2D eigenvalue weighted by Gasteiger charge is -2.05. The van der Waals surface area contributed by atoms with Crippen LogP contribution in [0, 0.1) is 0 Å². The Kier molecular flexibility index (Phi) is 6.32. The molecule has 0 saturated heterocycles. The van der Waals surface area contributed by atoms with Gasteiger partial charge in [0.25, 0.3) is 5.89 Å². The van der Waals surface area contributed by atoms with E-state index >= 15 is 0 Å². The molecule has 0 saturated carbocycles. The molecule has 0 aliphatic rings. The summed E-state index contributed by atoms with van der Waals surface area (Å²) in [5.74, 6) is 2.65. The third kappa shape index (κ3) is 4.77. The van der Waals surface area contributed by atoms with E-state index in [1.54, 1.807) is 25.5 Å². The molecule has 160 valence electrons. The normalized spacial score (nSPS) is 10.9. The summed E-state index contributed by atoms with van der Waals surface area (Å²) in [6.45, 7) is 2.88. The van der Waals surface area contributed by atoms with Crippen molar-refractivity contribution in [3.63, 3.8) is 0 Å². The summed E-state index contributed by atoms with van der Waals surface area (Å²) in [6.07, 6.45) is 1.57. The molecule has 0 unspecified atom stereocenters. The minimum Gasteiger partial charge on any atom is -0.497 e. The van der Waals surface area contributed by atoms with E-state index in [0.29, 0.717) is 35.7 Å². The number of benzene rings is 1. The zero-order valence-corrected chi connectivity index (χ0v) is 17.8. The van der Waals surface area contributed by atoms with E-state index in [1.165, 1.54) is 11.8 Å². The lowest BCUT2D eigenvalue weighted by Crippen LogP contribution is -2.24. The summed E-state index contributed by atoms with van der Waals surface area (Å²) in [5.41, 5.74) is 0.793. The summed E-state index contributed by atoms with van der Waals surface area (Å²) in [4.78, 5) is 16.6. The van der Waals surface area contributed by atoms with Crippen LogP contribution < -0.4 is 10.1 Å². The highest BCUT2D eigenvalue weighted by atomic mass is 32.2. The predicted molar refractivity (Wildman–Crippen MR) is 112 cm³/mol. The molecule has 0 spiro atoms. The highest BCUT2D eigenvalue weighted by Crippen LogP contribution is 2.26. The number of nitrogens with one attached hydrogen (secondary N) is 1. The van der Waals surface area contributed by atoms with Crippen LogP contribution in [0.3, 0.4) is 0 Å². The molecule has 4 aromatic rings. The fraction of sp³-hybridized carbons (Fsp3) is 0.250. The van der Waals surface area contributed by atoms with Crippen molar-refractivity contribution in [2.24, 2.45) is 0 Å². The lowest BCUT2D eigenvalue weighted by atomic mass is 10.2. The molecule has 4 rings (SSSR count). The van der Waals surface area contributed by atoms with Gasteiger partial charge in [-0.3, -0.25) is 9.36 Å². The third-order valence-corrected chi connectivity index (χ3v) is 5.34. The summed E-state index contributed by atoms with van der Waals surface area (Å²) < 4.78 is 17.6. The first-order valence-electron chi connectivity index (χ1n) is 9.51. The molecule has 0 radical (unpaired) electrons. The molecule has 3 heterocycles. The average Bonchev–Trinajstić information content (AvgIpc) is 3.56. The molecule has 0 fully saturated rings. The molecular weight excluding hydrogens is 420 g/mol. The third-order valence-electron chi connectivity index (χ3n) is 4.37. The van der Waals surface area contributed by atoms with Gasteiger partial charge in [-0.05, 0) is 43.3 Å². The van der Waals surface area contributed by atoms with Gasteiger partial charge in [0.1, 0.15) is 11.5 Å². The van der Waals surface area contributed by atoms with Gasteiger partial charge in [0.2, 0.25) is 17.6 Å². The zero-order chi connectivity index (χ0) is 21.6. The van der Waals surface area contributed by atoms with Crippen LogP contribution >= 0.6 is 11.8 Å². The maximum atomic E-state index is 12.1. The number of ether oxygens (including phenoxy) is 1. The molecule has 1 N–H and O–H groups in total. The Hall–Kier alpha value is -3.60. The maximum Gasteiger partial charge on any atom is 0.296 e. The van der Waals surface area contributed by atoms with Gasteiger partial charge in [-0.15, -0.1) is 10.2 Å². The van der Waals surface area contributed by atoms with Crippen LogP contribution in [0.5, 0.6) is 5.75 Å². The first-order valence-corrected chi connectivity index (χ1v) is 10.5. The SMILES string of the molecule is CCn1c(SCC(=O)NCc2ccco2)nnc1-c1nc(-c2ccc(OC)cc2)no1. The molecule has 0 atom stereocenters. The van der Waals surface area contributed by atoms with Crippen LogP contribution in [0.15, 0.2) is 56.8 Å². The number of thioether (sulfide) groups is 1. The number of hydrogen-bond donors (Lipinski definition) is 1. The van der Waals surface area contributed by atoms with E-state index in [4.69, 9.17) is 13.7 Å². The van der Waals surface area contributed by atoms with Crippen molar-refractivity contribution in [1.82, 2.24) is 30.2 Å². The minimum absolute atomic E-state index is 0.131. The second-order valence-corrected chi connectivity index (χ2v) is 7.29. The summed E-state index contributed by atoms with van der Waals surface area (Å²) in [6, 6.07) is 10.9. The van der Waals surface area contributed by atoms with Crippen molar-refractivity contribution in [2.75, 3.05) is 12.9 Å². The van der Waals surface area contributed by atoms with E-state index < -0.39 is 0 Å².